The van der Waals surface area contributed by atoms with Crippen molar-refractivity contribution in [3.05, 3.63) is 29.3 Å². The first-order chi connectivity index (χ1) is 7.58. The maximum absolute atomic E-state index is 8.90. The monoisotopic (exact) mass is 218 g/mol. The van der Waals surface area contributed by atoms with Gasteiger partial charge in [0.15, 0.2) is 0 Å². The fourth-order valence-corrected chi connectivity index (χ4v) is 1.61. The Bertz CT molecular complexity index is 393. The van der Waals surface area contributed by atoms with Crippen LogP contribution in [-0.2, 0) is 6.54 Å². The number of rotatable bonds is 4. The molecule has 0 heterocycles. The molecule has 86 valence electrons. The number of hydrogen-bond acceptors (Lipinski definition) is 3. The van der Waals surface area contributed by atoms with Crippen LogP contribution in [0.15, 0.2) is 18.2 Å². The van der Waals surface area contributed by atoms with Gasteiger partial charge in [-0.2, -0.15) is 5.26 Å². The second kappa shape index (κ2) is 5.53. The Labute approximate surface area is 97.3 Å². The molecule has 0 aliphatic carbocycles. The van der Waals surface area contributed by atoms with E-state index in [1.807, 2.05) is 39.2 Å². The highest BCUT2D eigenvalue weighted by atomic mass is 16.5. The predicted octanol–water partition coefficient (Wildman–Crippen LogP) is 2.38. The average Bonchev–Trinajstić information content (AvgIpc) is 2.27. The third-order valence-corrected chi connectivity index (χ3v) is 2.48. The molecule has 0 amide bonds. The van der Waals surface area contributed by atoms with Gasteiger partial charge in [-0.25, -0.2) is 0 Å². The summed E-state index contributed by atoms with van der Waals surface area (Å²) in [6.45, 7) is 2.72. The molecular weight excluding hydrogens is 200 g/mol. The molecule has 0 fully saturated rings. The third-order valence-electron chi connectivity index (χ3n) is 2.48. The van der Waals surface area contributed by atoms with E-state index in [4.69, 9.17) is 10.00 Å². The zero-order valence-corrected chi connectivity index (χ0v) is 10.3. The van der Waals surface area contributed by atoms with Crippen molar-refractivity contribution in [1.29, 1.82) is 5.26 Å². The molecule has 3 heteroatoms. The zero-order chi connectivity index (χ0) is 12.1. The van der Waals surface area contributed by atoms with Gasteiger partial charge in [-0.3, -0.25) is 0 Å². The lowest BCUT2D eigenvalue weighted by Gasteiger charge is -2.15. The summed E-state index contributed by atoms with van der Waals surface area (Å²) in [4.78, 5) is 2.08. The summed E-state index contributed by atoms with van der Waals surface area (Å²) in [5, 5.41) is 8.90. The van der Waals surface area contributed by atoms with Crippen molar-refractivity contribution >= 4 is 0 Å². The molecule has 1 unspecified atom stereocenters. The van der Waals surface area contributed by atoms with Crippen LogP contribution >= 0.6 is 0 Å². The lowest BCUT2D eigenvalue weighted by molar-refractivity contribution is 0.371. The van der Waals surface area contributed by atoms with Gasteiger partial charge in [-0.05, 0) is 38.7 Å². The van der Waals surface area contributed by atoms with Crippen LogP contribution in [0.4, 0.5) is 0 Å². The van der Waals surface area contributed by atoms with Crippen molar-refractivity contribution in [2.45, 2.75) is 19.4 Å². The minimum absolute atomic E-state index is 0.0770. The van der Waals surface area contributed by atoms with Gasteiger partial charge in [-0.1, -0.05) is 6.07 Å². The van der Waals surface area contributed by atoms with Gasteiger partial charge < -0.3 is 9.64 Å². The lowest BCUT2D eigenvalue weighted by atomic mass is 9.99. The van der Waals surface area contributed by atoms with Gasteiger partial charge >= 0.3 is 0 Å². The van der Waals surface area contributed by atoms with Crippen LogP contribution in [0.2, 0.25) is 0 Å². The van der Waals surface area contributed by atoms with Crippen molar-refractivity contribution in [1.82, 2.24) is 4.90 Å². The Morgan fingerprint density at radius 3 is 2.62 bits per heavy atom. The summed E-state index contributed by atoms with van der Waals surface area (Å²) in [5.41, 5.74) is 2.16. The standard InChI is InChI=1S/C13H18N2O/c1-10(8-14)11-5-6-13(16-4)12(7-11)9-15(2)3/h5-7,10H,9H2,1-4H3. The molecule has 0 saturated carbocycles. The molecule has 0 aliphatic heterocycles. The SMILES string of the molecule is COc1ccc(C(C)C#N)cc1CN(C)C. The first-order valence-electron chi connectivity index (χ1n) is 5.29. The van der Waals surface area contributed by atoms with Gasteiger partial charge in [0.2, 0.25) is 0 Å². The number of nitriles is 1. The molecule has 16 heavy (non-hydrogen) atoms. The molecule has 0 N–H and O–H groups in total. The maximum atomic E-state index is 8.90. The van der Waals surface area contributed by atoms with Crippen LogP contribution in [0.25, 0.3) is 0 Å². The number of methoxy groups -OCH3 is 1. The molecule has 0 aromatic heterocycles. The molecular formula is C13H18N2O. The Hall–Kier alpha value is -1.53. The molecule has 0 bridgehead atoms. The van der Waals surface area contributed by atoms with E-state index in [-0.39, 0.29) is 5.92 Å². The number of benzene rings is 1. The molecule has 1 atom stereocenters. The molecule has 1 aromatic carbocycles. The fourth-order valence-electron chi connectivity index (χ4n) is 1.61. The van der Waals surface area contributed by atoms with Crippen LogP contribution in [0.3, 0.4) is 0 Å². The molecule has 3 nitrogen and oxygen atoms in total. The van der Waals surface area contributed by atoms with E-state index in [9.17, 15) is 0 Å². The highest BCUT2D eigenvalue weighted by molar-refractivity contribution is 5.39. The summed E-state index contributed by atoms with van der Waals surface area (Å²) in [5.74, 6) is 0.800. The Morgan fingerprint density at radius 1 is 1.44 bits per heavy atom. The number of ether oxygens (including phenoxy) is 1. The van der Waals surface area contributed by atoms with Gasteiger partial charge in [-0.15, -0.1) is 0 Å². The first-order valence-corrected chi connectivity index (χ1v) is 5.29. The van der Waals surface area contributed by atoms with E-state index < -0.39 is 0 Å². The van der Waals surface area contributed by atoms with E-state index in [1.54, 1.807) is 7.11 Å². The second-order valence-electron chi connectivity index (χ2n) is 4.16. The van der Waals surface area contributed by atoms with E-state index in [0.29, 0.717) is 0 Å². The Kier molecular flexibility index (Phi) is 4.33. The van der Waals surface area contributed by atoms with Crippen molar-refractivity contribution in [3.63, 3.8) is 0 Å². The largest absolute Gasteiger partial charge is 0.496 e. The smallest absolute Gasteiger partial charge is 0.123 e. The zero-order valence-electron chi connectivity index (χ0n) is 10.3. The summed E-state index contributed by atoms with van der Waals surface area (Å²) in [6, 6.07) is 8.18. The van der Waals surface area contributed by atoms with Crippen LogP contribution in [-0.4, -0.2) is 26.1 Å². The summed E-state index contributed by atoms with van der Waals surface area (Å²) < 4.78 is 5.31. The van der Waals surface area contributed by atoms with E-state index in [2.05, 4.69) is 11.0 Å². The van der Waals surface area contributed by atoms with Crippen molar-refractivity contribution in [2.75, 3.05) is 21.2 Å². The molecule has 0 aliphatic rings. The topological polar surface area (TPSA) is 36.3 Å². The van der Waals surface area contributed by atoms with Crippen LogP contribution in [0.1, 0.15) is 24.0 Å². The number of hydrogen-bond donors (Lipinski definition) is 0. The molecule has 1 rings (SSSR count). The predicted molar refractivity (Wildman–Crippen MR) is 64.4 cm³/mol. The quantitative estimate of drug-likeness (QED) is 0.778. The molecule has 0 radical (unpaired) electrons. The molecule has 1 aromatic rings. The van der Waals surface area contributed by atoms with Crippen molar-refractivity contribution < 1.29 is 4.74 Å². The van der Waals surface area contributed by atoms with Crippen LogP contribution < -0.4 is 4.74 Å². The normalized spacial score (nSPS) is 12.2. The molecule has 0 spiro atoms. The summed E-state index contributed by atoms with van der Waals surface area (Å²) >= 11 is 0. The summed E-state index contributed by atoms with van der Waals surface area (Å²) in [6.07, 6.45) is 0. The first kappa shape index (κ1) is 12.5. The van der Waals surface area contributed by atoms with Crippen LogP contribution in [0, 0.1) is 11.3 Å². The average molecular weight is 218 g/mol. The third kappa shape index (κ3) is 2.98. The summed E-state index contributed by atoms with van der Waals surface area (Å²) in [7, 11) is 5.70. The maximum Gasteiger partial charge on any atom is 0.123 e. The van der Waals surface area contributed by atoms with Gasteiger partial charge in [0.05, 0.1) is 19.1 Å². The highest BCUT2D eigenvalue weighted by Crippen LogP contribution is 2.24. The Morgan fingerprint density at radius 2 is 2.12 bits per heavy atom. The van der Waals surface area contributed by atoms with Gasteiger partial charge in [0.1, 0.15) is 5.75 Å². The van der Waals surface area contributed by atoms with E-state index in [0.717, 1.165) is 23.4 Å². The van der Waals surface area contributed by atoms with Gasteiger partial charge in [0.25, 0.3) is 0 Å². The lowest BCUT2D eigenvalue weighted by Crippen LogP contribution is -2.12. The highest BCUT2D eigenvalue weighted by Gasteiger charge is 2.09. The second-order valence-corrected chi connectivity index (χ2v) is 4.16. The minimum Gasteiger partial charge on any atom is -0.496 e. The van der Waals surface area contributed by atoms with E-state index in [1.165, 1.54) is 0 Å². The van der Waals surface area contributed by atoms with E-state index >= 15 is 0 Å². The van der Waals surface area contributed by atoms with Crippen molar-refractivity contribution in [2.24, 2.45) is 0 Å². The Balaban J connectivity index is 3.06. The fraction of sp³-hybridized carbons (Fsp3) is 0.462. The van der Waals surface area contributed by atoms with Gasteiger partial charge in [0, 0.05) is 12.1 Å². The minimum atomic E-state index is -0.0770. The number of nitrogens with zero attached hydrogens (tertiary/aromatic N) is 2. The van der Waals surface area contributed by atoms with Crippen LogP contribution in [0.5, 0.6) is 5.75 Å². The molecule has 0 saturated heterocycles. The van der Waals surface area contributed by atoms with Crippen molar-refractivity contribution in [3.8, 4) is 11.8 Å².